The molecule has 1 aromatic rings. The van der Waals surface area contributed by atoms with E-state index in [-0.39, 0.29) is 10.8 Å². The summed E-state index contributed by atoms with van der Waals surface area (Å²) in [5, 5.41) is 2.87. The normalized spacial score (nSPS) is 15.2. The molecule has 120 valence electrons. The second-order valence-corrected chi connectivity index (χ2v) is 7.23. The number of carbonyl (C=O) groups is 1. The topological polar surface area (TPSA) is 75.3 Å². The highest BCUT2D eigenvalue weighted by molar-refractivity contribution is 7.89. The lowest BCUT2D eigenvalue weighted by atomic mass is 9.97. The minimum absolute atomic E-state index is 0.152. The van der Waals surface area contributed by atoms with Crippen LogP contribution in [-0.4, -0.2) is 27.9 Å². The minimum Gasteiger partial charge on any atom is -0.352 e. The van der Waals surface area contributed by atoms with Gasteiger partial charge in [0.05, 0.1) is 4.90 Å². The van der Waals surface area contributed by atoms with Crippen LogP contribution in [0.5, 0.6) is 0 Å². The van der Waals surface area contributed by atoms with Gasteiger partial charge in [0.25, 0.3) is 5.91 Å². The van der Waals surface area contributed by atoms with E-state index in [0.717, 1.165) is 19.3 Å². The van der Waals surface area contributed by atoms with Gasteiger partial charge in [-0.15, -0.1) is 0 Å². The Morgan fingerprint density at radius 1 is 1.18 bits per heavy atom. The molecule has 1 aliphatic carbocycles. The van der Waals surface area contributed by atoms with Crippen LogP contribution in [0.4, 0.5) is 0 Å². The van der Waals surface area contributed by atoms with Gasteiger partial charge in [0.1, 0.15) is 0 Å². The molecule has 1 amide bonds. The van der Waals surface area contributed by atoms with Gasteiger partial charge < -0.3 is 5.32 Å². The fourth-order valence-corrected chi connectivity index (χ4v) is 3.20. The zero-order chi connectivity index (χ0) is 16.0. The Morgan fingerprint density at radius 3 is 2.50 bits per heavy atom. The molecule has 0 atom stereocenters. The highest BCUT2D eigenvalue weighted by atomic mass is 32.2. The molecule has 22 heavy (non-hydrogen) atoms. The number of rotatable bonds is 6. The first-order valence-electron chi connectivity index (χ1n) is 7.52. The van der Waals surface area contributed by atoms with Crippen molar-refractivity contribution in [2.45, 2.75) is 37.0 Å². The van der Waals surface area contributed by atoms with Gasteiger partial charge in [-0.25, -0.2) is 13.1 Å². The number of hydrogen-bond acceptors (Lipinski definition) is 3. The highest BCUT2D eigenvalue weighted by Crippen LogP contribution is 2.19. The van der Waals surface area contributed by atoms with Gasteiger partial charge >= 0.3 is 0 Å². The summed E-state index contributed by atoms with van der Waals surface area (Å²) in [6.45, 7) is 0.612. The number of allylic oxidation sites excluding steroid dienone is 1. The molecule has 6 heteroatoms. The van der Waals surface area contributed by atoms with E-state index >= 15 is 0 Å². The van der Waals surface area contributed by atoms with Crippen molar-refractivity contribution >= 4 is 15.9 Å². The molecule has 0 spiro atoms. The van der Waals surface area contributed by atoms with Crippen LogP contribution in [0.2, 0.25) is 0 Å². The van der Waals surface area contributed by atoms with E-state index in [2.05, 4.69) is 16.1 Å². The molecule has 0 aliphatic heterocycles. The third-order valence-electron chi connectivity index (χ3n) is 3.81. The third-order valence-corrected chi connectivity index (χ3v) is 5.24. The van der Waals surface area contributed by atoms with E-state index in [4.69, 9.17) is 0 Å². The molecule has 0 heterocycles. The number of sulfonamides is 1. The molecule has 0 unspecified atom stereocenters. The Kier molecular flexibility index (Phi) is 5.74. The zero-order valence-electron chi connectivity index (χ0n) is 12.8. The van der Waals surface area contributed by atoms with Crippen molar-refractivity contribution in [1.82, 2.24) is 10.0 Å². The van der Waals surface area contributed by atoms with Crippen molar-refractivity contribution in [2.75, 3.05) is 13.6 Å². The predicted molar refractivity (Wildman–Crippen MR) is 86.2 cm³/mol. The van der Waals surface area contributed by atoms with Gasteiger partial charge in [0.2, 0.25) is 10.0 Å². The van der Waals surface area contributed by atoms with Crippen molar-refractivity contribution in [3.05, 3.63) is 41.5 Å². The first kappa shape index (κ1) is 16.7. The summed E-state index contributed by atoms with van der Waals surface area (Å²) >= 11 is 0. The van der Waals surface area contributed by atoms with Gasteiger partial charge in [-0.1, -0.05) is 11.6 Å². The second kappa shape index (κ2) is 7.56. The maximum absolute atomic E-state index is 12.0. The lowest BCUT2D eigenvalue weighted by molar-refractivity contribution is 0.0954. The van der Waals surface area contributed by atoms with E-state index in [1.165, 1.54) is 49.7 Å². The molecule has 0 radical (unpaired) electrons. The molecule has 2 N–H and O–H groups in total. The van der Waals surface area contributed by atoms with Crippen LogP contribution in [0.15, 0.2) is 40.8 Å². The molecule has 0 fully saturated rings. The largest absolute Gasteiger partial charge is 0.352 e. The van der Waals surface area contributed by atoms with Crippen LogP contribution in [0, 0.1) is 0 Å². The maximum Gasteiger partial charge on any atom is 0.251 e. The Bertz CT molecular complexity index is 648. The smallest absolute Gasteiger partial charge is 0.251 e. The zero-order valence-corrected chi connectivity index (χ0v) is 13.6. The van der Waals surface area contributed by atoms with Gasteiger partial charge in [-0.05, 0) is 63.4 Å². The summed E-state index contributed by atoms with van der Waals surface area (Å²) in [6.07, 6.45) is 7.93. The standard InChI is InChI=1S/C16H22N2O3S/c1-17-22(20,21)15-9-7-14(8-10-15)16(19)18-12-11-13-5-3-2-4-6-13/h5,7-10,17H,2-4,6,11-12H2,1H3,(H,18,19). The van der Waals surface area contributed by atoms with Crippen LogP contribution < -0.4 is 10.0 Å². The third kappa shape index (κ3) is 4.42. The molecule has 0 saturated carbocycles. The van der Waals surface area contributed by atoms with Crippen molar-refractivity contribution < 1.29 is 13.2 Å². The van der Waals surface area contributed by atoms with E-state index in [9.17, 15) is 13.2 Å². The Morgan fingerprint density at radius 2 is 1.91 bits per heavy atom. The van der Waals surface area contributed by atoms with Crippen LogP contribution in [-0.2, 0) is 10.0 Å². The number of benzene rings is 1. The molecule has 0 saturated heterocycles. The van der Waals surface area contributed by atoms with Crippen LogP contribution in [0.25, 0.3) is 0 Å². The molecule has 0 bridgehead atoms. The van der Waals surface area contributed by atoms with E-state index in [1.807, 2.05) is 0 Å². The fraction of sp³-hybridized carbons (Fsp3) is 0.438. The highest BCUT2D eigenvalue weighted by Gasteiger charge is 2.12. The molecule has 2 rings (SSSR count). The maximum atomic E-state index is 12.0. The molecule has 1 aromatic carbocycles. The second-order valence-electron chi connectivity index (χ2n) is 5.35. The van der Waals surface area contributed by atoms with Gasteiger partial charge in [0, 0.05) is 12.1 Å². The molecule has 5 nitrogen and oxygen atoms in total. The average molecular weight is 322 g/mol. The predicted octanol–water partition coefficient (Wildman–Crippen LogP) is 2.21. The van der Waals surface area contributed by atoms with Gasteiger partial charge in [0.15, 0.2) is 0 Å². The van der Waals surface area contributed by atoms with Crippen LogP contribution in [0.3, 0.4) is 0 Å². The number of carbonyl (C=O) groups excluding carboxylic acids is 1. The minimum atomic E-state index is -3.46. The van der Waals surface area contributed by atoms with E-state index < -0.39 is 10.0 Å². The number of amides is 1. The monoisotopic (exact) mass is 322 g/mol. The first-order chi connectivity index (χ1) is 10.5. The van der Waals surface area contributed by atoms with Crippen molar-refractivity contribution in [3.8, 4) is 0 Å². The van der Waals surface area contributed by atoms with Crippen molar-refractivity contribution in [1.29, 1.82) is 0 Å². The SMILES string of the molecule is CNS(=O)(=O)c1ccc(C(=O)NCCC2=CCCCC2)cc1. The molecular weight excluding hydrogens is 300 g/mol. The first-order valence-corrected chi connectivity index (χ1v) is 9.01. The van der Waals surface area contributed by atoms with Gasteiger partial charge in [-0.3, -0.25) is 4.79 Å². The molecule has 0 aromatic heterocycles. The van der Waals surface area contributed by atoms with Crippen LogP contribution in [0.1, 0.15) is 42.5 Å². The Balaban J connectivity index is 1.88. The Labute approximate surface area is 131 Å². The summed E-state index contributed by atoms with van der Waals surface area (Å²) in [5.74, 6) is -0.176. The van der Waals surface area contributed by atoms with Gasteiger partial charge in [-0.2, -0.15) is 0 Å². The van der Waals surface area contributed by atoms with Crippen LogP contribution >= 0.6 is 0 Å². The lowest BCUT2D eigenvalue weighted by Crippen LogP contribution is -2.25. The summed E-state index contributed by atoms with van der Waals surface area (Å²) < 4.78 is 25.5. The average Bonchev–Trinajstić information content (AvgIpc) is 2.56. The number of hydrogen-bond donors (Lipinski definition) is 2. The fourth-order valence-electron chi connectivity index (χ4n) is 2.47. The lowest BCUT2D eigenvalue weighted by Gasteiger charge is -2.13. The summed E-state index contributed by atoms with van der Waals surface area (Å²) in [7, 11) is -2.10. The van der Waals surface area contributed by atoms with E-state index in [0.29, 0.717) is 12.1 Å². The number of nitrogens with one attached hydrogen (secondary N) is 2. The van der Waals surface area contributed by atoms with Crippen molar-refractivity contribution in [3.63, 3.8) is 0 Å². The summed E-state index contributed by atoms with van der Waals surface area (Å²) in [6, 6.07) is 5.92. The summed E-state index contributed by atoms with van der Waals surface area (Å²) in [4.78, 5) is 12.2. The summed E-state index contributed by atoms with van der Waals surface area (Å²) in [5.41, 5.74) is 1.88. The molecule has 1 aliphatic rings. The quantitative estimate of drug-likeness (QED) is 0.789. The molecular formula is C16H22N2O3S. The Hall–Kier alpha value is -1.66. The van der Waals surface area contributed by atoms with Crippen molar-refractivity contribution in [2.24, 2.45) is 0 Å². The van der Waals surface area contributed by atoms with E-state index in [1.54, 1.807) is 0 Å².